The van der Waals surface area contributed by atoms with Gasteiger partial charge in [0.2, 0.25) is 0 Å². The molecule has 3 nitrogen and oxygen atoms in total. The lowest BCUT2D eigenvalue weighted by Gasteiger charge is -2.13. The molecule has 106 valence electrons. The third kappa shape index (κ3) is 4.59. The Bertz CT molecular complexity index is 493. The Morgan fingerprint density at radius 1 is 0.850 bits per heavy atom. The topological polar surface area (TPSA) is 27.7 Å². The minimum Gasteiger partial charge on any atom is -0.491 e. The van der Waals surface area contributed by atoms with Gasteiger partial charge in [-0.2, -0.15) is 0 Å². The quantitative estimate of drug-likeness (QED) is 0.752. The van der Waals surface area contributed by atoms with Crippen molar-refractivity contribution in [2.45, 2.75) is 20.0 Å². The summed E-state index contributed by atoms with van der Waals surface area (Å²) in [5.74, 6) is 2.43. The molecular formula is C17H20O3. The van der Waals surface area contributed by atoms with Crippen molar-refractivity contribution in [3.63, 3.8) is 0 Å². The highest BCUT2D eigenvalue weighted by Crippen LogP contribution is 2.23. The highest BCUT2D eigenvalue weighted by molar-refractivity contribution is 5.35. The summed E-state index contributed by atoms with van der Waals surface area (Å²) < 4.78 is 16.8. The first-order chi connectivity index (χ1) is 9.78. The van der Waals surface area contributed by atoms with Crippen LogP contribution in [-0.4, -0.2) is 19.3 Å². The zero-order valence-corrected chi connectivity index (χ0v) is 11.9. The van der Waals surface area contributed by atoms with Crippen molar-refractivity contribution in [2.24, 2.45) is 0 Å². The van der Waals surface area contributed by atoms with Gasteiger partial charge in [0.15, 0.2) is 0 Å². The van der Waals surface area contributed by atoms with E-state index in [0.717, 1.165) is 17.2 Å². The summed E-state index contributed by atoms with van der Waals surface area (Å²) in [4.78, 5) is 0. The van der Waals surface area contributed by atoms with Crippen LogP contribution in [0.4, 0.5) is 0 Å². The largest absolute Gasteiger partial charge is 0.491 e. The molecule has 0 radical (unpaired) electrons. The van der Waals surface area contributed by atoms with Crippen LogP contribution in [0.3, 0.4) is 0 Å². The van der Waals surface area contributed by atoms with Crippen molar-refractivity contribution in [1.82, 2.24) is 0 Å². The molecule has 0 saturated carbocycles. The summed E-state index contributed by atoms with van der Waals surface area (Å²) in [7, 11) is 0. The second-order valence-corrected chi connectivity index (χ2v) is 4.46. The molecule has 0 aliphatic heterocycles. The summed E-state index contributed by atoms with van der Waals surface area (Å²) >= 11 is 0. The molecule has 0 heterocycles. The maximum atomic E-state index is 5.72. The maximum Gasteiger partial charge on any atom is 0.127 e. The van der Waals surface area contributed by atoms with Gasteiger partial charge in [-0.3, -0.25) is 0 Å². The molecule has 0 fully saturated rings. The normalized spacial score (nSPS) is 11.9. The van der Waals surface area contributed by atoms with Gasteiger partial charge in [0.05, 0.1) is 6.10 Å². The van der Waals surface area contributed by atoms with Crippen LogP contribution in [0.1, 0.15) is 13.8 Å². The first-order valence-corrected chi connectivity index (χ1v) is 6.85. The van der Waals surface area contributed by atoms with Gasteiger partial charge in [-0.25, -0.2) is 0 Å². The van der Waals surface area contributed by atoms with Gasteiger partial charge in [-0.05, 0) is 50.2 Å². The van der Waals surface area contributed by atoms with Gasteiger partial charge in [0.25, 0.3) is 0 Å². The lowest BCUT2D eigenvalue weighted by Crippen LogP contribution is -2.17. The molecular weight excluding hydrogens is 252 g/mol. The standard InChI is InChI=1S/C17H20O3/c1-3-18-14(2)13-19-15-9-11-17(12-10-15)20-16-7-5-4-6-8-16/h4-12,14H,3,13H2,1-2H3. The fraction of sp³-hybridized carbons (Fsp3) is 0.294. The molecule has 20 heavy (non-hydrogen) atoms. The van der Waals surface area contributed by atoms with E-state index in [9.17, 15) is 0 Å². The molecule has 0 aliphatic rings. The van der Waals surface area contributed by atoms with Crippen LogP contribution in [0, 0.1) is 0 Å². The number of ether oxygens (including phenoxy) is 3. The Balaban J connectivity index is 1.87. The third-order valence-corrected chi connectivity index (χ3v) is 2.74. The number of benzene rings is 2. The van der Waals surface area contributed by atoms with Crippen molar-refractivity contribution in [3.05, 3.63) is 54.6 Å². The van der Waals surface area contributed by atoms with Crippen LogP contribution < -0.4 is 9.47 Å². The first kappa shape index (κ1) is 14.4. The average Bonchev–Trinajstić information content (AvgIpc) is 2.48. The Morgan fingerprint density at radius 2 is 1.45 bits per heavy atom. The lowest BCUT2D eigenvalue weighted by molar-refractivity contribution is 0.0402. The molecule has 2 aromatic carbocycles. The van der Waals surface area contributed by atoms with Crippen LogP contribution in [0.2, 0.25) is 0 Å². The van der Waals surface area contributed by atoms with Gasteiger partial charge in [-0.15, -0.1) is 0 Å². The van der Waals surface area contributed by atoms with Crippen molar-refractivity contribution in [3.8, 4) is 17.2 Å². The molecule has 2 aromatic rings. The summed E-state index contributed by atoms with van der Waals surface area (Å²) in [5.41, 5.74) is 0. The lowest BCUT2D eigenvalue weighted by atomic mass is 10.3. The number of hydrogen-bond donors (Lipinski definition) is 0. The average molecular weight is 272 g/mol. The van der Waals surface area contributed by atoms with Crippen LogP contribution in [0.15, 0.2) is 54.6 Å². The minimum atomic E-state index is 0.0974. The summed E-state index contributed by atoms with van der Waals surface area (Å²) in [5, 5.41) is 0. The van der Waals surface area contributed by atoms with E-state index >= 15 is 0 Å². The van der Waals surface area contributed by atoms with Crippen LogP contribution in [0.25, 0.3) is 0 Å². The summed E-state index contributed by atoms with van der Waals surface area (Å²) in [6.07, 6.45) is 0.0974. The maximum absolute atomic E-state index is 5.72. The molecule has 0 bridgehead atoms. The molecule has 2 rings (SSSR count). The predicted molar refractivity (Wildman–Crippen MR) is 79.5 cm³/mol. The van der Waals surface area contributed by atoms with Crippen molar-refractivity contribution in [1.29, 1.82) is 0 Å². The van der Waals surface area contributed by atoms with E-state index in [1.807, 2.05) is 68.4 Å². The summed E-state index contributed by atoms with van der Waals surface area (Å²) in [6.45, 7) is 5.23. The second-order valence-electron chi connectivity index (χ2n) is 4.46. The van der Waals surface area contributed by atoms with Crippen molar-refractivity contribution < 1.29 is 14.2 Å². The monoisotopic (exact) mass is 272 g/mol. The van der Waals surface area contributed by atoms with Gasteiger partial charge in [0.1, 0.15) is 23.9 Å². The van der Waals surface area contributed by atoms with Crippen molar-refractivity contribution >= 4 is 0 Å². The molecule has 0 amide bonds. The fourth-order valence-electron chi connectivity index (χ4n) is 1.77. The number of para-hydroxylation sites is 1. The van der Waals surface area contributed by atoms with Gasteiger partial charge in [0, 0.05) is 6.61 Å². The van der Waals surface area contributed by atoms with Crippen LogP contribution in [0.5, 0.6) is 17.2 Å². The van der Waals surface area contributed by atoms with E-state index < -0.39 is 0 Å². The molecule has 0 aliphatic carbocycles. The fourth-order valence-corrected chi connectivity index (χ4v) is 1.77. The molecule has 1 unspecified atom stereocenters. The van der Waals surface area contributed by atoms with E-state index in [1.54, 1.807) is 0 Å². The Labute approximate surface area is 120 Å². The van der Waals surface area contributed by atoms with E-state index in [0.29, 0.717) is 13.2 Å². The smallest absolute Gasteiger partial charge is 0.127 e. The molecule has 0 spiro atoms. The van der Waals surface area contributed by atoms with Gasteiger partial charge >= 0.3 is 0 Å². The highest BCUT2D eigenvalue weighted by atomic mass is 16.5. The zero-order valence-electron chi connectivity index (χ0n) is 11.9. The van der Waals surface area contributed by atoms with E-state index in [1.165, 1.54) is 0 Å². The van der Waals surface area contributed by atoms with Gasteiger partial charge < -0.3 is 14.2 Å². The summed E-state index contributed by atoms with van der Waals surface area (Å²) in [6, 6.07) is 17.3. The second kappa shape index (κ2) is 7.56. The van der Waals surface area contributed by atoms with E-state index in [-0.39, 0.29) is 6.10 Å². The van der Waals surface area contributed by atoms with Gasteiger partial charge in [-0.1, -0.05) is 18.2 Å². The van der Waals surface area contributed by atoms with E-state index in [4.69, 9.17) is 14.2 Å². The molecule has 1 atom stereocenters. The van der Waals surface area contributed by atoms with E-state index in [2.05, 4.69) is 0 Å². The molecule has 0 aromatic heterocycles. The molecule has 3 heteroatoms. The minimum absolute atomic E-state index is 0.0974. The third-order valence-electron chi connectivity index (χ3n) is 2.74. The number of rotatable bonds is 7. The first-order valence-electron chi connectivity index (χ1n) is 6.85. The predicted octanol–water partition coefficient (Wildman–Crippen LogP) is 4.28. The number of hydrogen-bond acceptors (Lipinski definition) is 3. The van der Waals surface area contributed by atoms with Crippen LogP contribution in [-0.2, 0) is 4.74 Å². The highest BCUT2D eigenvalue weighted by Gasteiger charge is 2.03. The SMILES string of the molecule is CCOC(C)COc1ccc(Oc2ccccc2)cc1. The van der Waals surface area contributed by atoms with Crippen molar-refractivity contribution in [2.75, 3.05) is 13.2 Å². The Kier molecular flexibility index (Phi) is 5.44. The molecule has 0 saturated heterocycles. The Hall–Kier alpha value is -2.00. The zero-order chi connectivity index (χ0) is 14.2. The van der Waals surface area contributed by atoms with Crippen LogP contribution >= 0.6 is 0 Å². The molecule has 0 N–H and O–H groups in total. The Morgan fingerprint density at radius 3 is 2.10 bits per heavy atom.